The van der Waals surface area contributed by atoms with E-state index in [1.165, 1.54) is 31.2 Å². The van der Waals surface area contributed by atoms with Crippen molar-refractivity contribution in [1.82, 2.24) is 5.32 Å². The Kier molecular flexibility index (Phi) is 4.87. The van der Waals surface area contributed by atoms with Crippen molar-refractivity contribution in [1.29, 1.82) is 0 Å². The van der Waals surface area contributed by atoms with Crippen LogP contribution in [0.1, 0.15) is 31.2 Å². The predicted octanol–water partition coefficient (Wildman–Crippen LogP) is 3.99. The highest BCUT2D eigenvalue weighted by molar-refractivity contribution is 9.10. The van der Waals surface area contributed by atoms with E-state index in [9.17, 15) is 0 Å². The van der Waals surface area contributed by atoms with Crippen LogP contribution in [0.4, 0.5) is 0 Å². The Balaban J connectivity index is 1.56. The van der Waals surface area contributed by atoms with Crippen LogP contribution in [-0.4, -0.2) is 13.2 Å². The molecule has 0 atom stereocenters. The van der Waals surface area contributed by atoms with Crippen molar-refractivity contribution in [3.05, 3.63) is 28.2 Å². The van der Waals surface area contributed by atoms with Crippen LogP contribution in [0.3, 0.4) is 0 Å². The lowest BCUT2D eigenvalue weighted by Gasteiger charge is -2.17. The van der Waals surface area contributed by atoms with Gasteiger partial charge in [0.05, 0.1) is 0 Å². The topological polar surface area (TPSA) is 21.3 Å². The second-order valence-electron chi connectivity index (χ2n) is 6.21. The van der Waals surface area contributed by atoms with Crippen LogP contribution < -0.4 is 10.1 Å². The second kappa shape index (κ2) is 6.85. The van der Waals surface area contributed by atoms with Crippen LogP contribution in [0.5, 0.6) is 5.75 Å². The van der Waals surface area contributed by atoms with Gasteiger partial charge in [0.2, 0.25) is 0 Å². The van der Waals surface area contributed by atoms with Gasteiger partial charge in [-0.05, 0) is 68.2 Å². The van der Waals surface area contributed by atoms with E-state index in [1.54, 1.807) is 0 Å². The molecule has 0 aromatic heterocycles. The Morgan fingerprint density at radius 1 is 1.29 bits per heavy atom. The van der Waals surface area contributed by atoms with Crippen molar-refractivity contribution in [3.63, 3.8) is 0 Å². The standard InChI is InChI=1S/C18H22BrNO/c1-2-9-21-18-8-7-16(19)10-15(18)11-20-12-17(13-3-4-13)14-5-6-14/h1,7-8,10,13-14,17,20H,3-6,9,11-12H2. The molecule has 2 fully saturated rings. The number of halogens is 1. The quantitative estimate of drug-likeness (QED) is 0.718. The second-order valence-corrected chi connectivity index (χ2v) is 7.13. The summed E-state index contributed by atoms with van der Waals surface area (Å²) in [5.74, 6) is 6.29. The fourth-order valence-corrected chi connectivity index (χ4v) is 3.50. The zero-order valence-electron chi connectivity index (χ0n) is 12.3. The third-order valence-corrected chi connectivity index (χ3v) is 4.98. The van der Waals surface area contributed by atoms with Crippen molar-refractivity contribution in [2.24, 2.45) is 17.8 Å². The largest absolute Gasteiger partial charge is 0.481 e. The van der Waals surface area contributed by atoms with Crippen LogP contribution >= 0.6 is 15.9 Å². The van der Waals surface area contributed by atoms with Crippen LogP contribution in [0.15, 0.2) is 22.7 Å². The zero-order valence-corrected chi connectivity index (χ0v) is 13.9. The van der Waals surface area contributed by atoms with Gasteiger partial charge < -0.3 is 10.1 Å². The Morgan fingerprint density at radius 2 is 2.00 bits per heavy atom. The lowest BCUT2D eigenvalue weighted by atomic mass is 9.98. The first-order chi connectivity index (χ1) is 10.3. The number of terminal acetylenes is 1. The summed E-state index contributed by atoms with van der Waals surface area (Å²) in [4.78, 5) is 0. The minimum absolute atomic E-state index is 0.321. The molecule has 2 aliphatic carbocycles. The van der Waals surface area contributed by atoms with Gasteiger partial charge in [0.25, 0.3) is 0 Å². The van der Waals surface area contributed by atoms with E-state index in [0.717, 1.165) is 41.1 Å². The molecule has 1 aromatic carbocycles. The minimum atomic E-state index is 0.321. The average Bonchev–Trinajstić information content (AvgIpc) is 3.36. The Morgan fingerprint density at radius 3 is 2.62 bits per heavy atom. The van der Waals surface area contributed by atoms with E-state index in [0.29, 0.717) is 6.61 Å². The predicted molar refractivity (Wildman–Crippen MR) is 89.1 cm³/mol. The maximum Gasteiger partial charge on any atom is 0.148 e. The molecular weight excluding hydrogens is 326 g/mol. The van der Waals surface area contributed by atoms with E-state index < -0.39 is 0 Å². The van der Waals surface area contributed by atoms with Gasteiger partial charge in [-0.25, -0.2) is 0 Å². The molecule has 0 spiro atoms. The summed E-state index contributed by atoms with van der Waals surface area (Å²) in [6.07, 6.45) is 11.0. The number of hydrogen-bond acceptors (Lipinski definition) is 2. The number of hydrogen-bond donors (Lipinski definition) is 1. The van der Waals surface area contributed by atoms with Gasteiger partial charge in [-0.1, -0.05) is 21.9 Å². The monoisotopic (exact) mass is 347 g/mol. The maximum absolute atomic E-state index is 5.62. The molecule has 3 heteroatoms. The summed E-state index contributed by atoms with van der Waals surface area (Å²) >= 11 is 3.53. The first kappa shape index (κ1) is 14.9. The Hall–Kier alpha value is -0.980. The van der Waals surface area contributed by atoms with E-state index in [1.807, 2.05) is 12.1 Å². The van der Waals surface area contributed by atoms with E-state index in [-0.39, 0.29) is 0 Å². The Bertz CT molecular complexity index is 517. The van der Waals surface area contributed by atoms with Crippen molar-refractivity contribution in [2.45, 2.75) is 32.2 Å². The highest BCUT2D eigenvalue weighted by atomic mass is 79.9. The molecule has 21 heavy (non-hydrogen) atoms. The Labute approximate surface area is 135 Å². The highest BCUT2D eigenvalue weighted by Crippen LogP contribution is 2.48. The highest BCUT2D eigenvalue weighted by Gasteiger charge is 2.40. The summed E-state index contributed by atoms with van der Waals surface area (Å²) in [7, 11) is 0. The van der Waals surface area contributed by atoms with Crippen molar-refractivity contribution >= 4 is 15.9 Å². The van der Waals surface area contributed by atoms with E-state index >= 15 is 0 Å². The van der Waals surface area contributed by atoms with E-state index in [4.69, 9.17) is 11.2 Å². The summed E-state index contributed by atoms with van der Waals surface area (Å²) in [5, 5.41) is 3.64. The molecule has 1 N–H and O–H groups in total. The van der Waals surface area contributed by atoms with Gasteiger partial charge in [-0.2, -0.15) is 0 Å². The molecule has 1 aromatic rings. The molecule has 0 heterocycles. The first-order valence-corrected chi connectivity index (χ1v) is 8.62. The maximum atomic E-state index is 5.62. The molecule has 0 aliphatic heterocycles. The fourth-order valence-electron chi connectivity index (χ4n) is 3.09. The molecule has 0 saturated heterocycles. The summed E-state index contributed by atoms with van der Waals surface area (Å²) < 4.78 is 6.70. The van der Waals surface area contributed by atoms with Gasteiger partial charge in [0, 0.05) is 16.6 Å². The molecule has 0 radical (unpaired) electrons. The molecule has 2 saturated carbocycles. The molecule has 0 amide bonds. The summed E-state index contributed by atoms with van der Waals surface area (Å²) in [5.41, 5.74) is 1.17. The van der Waals surface area contributed by atoms with Gasteiger partial charge >= 0.3 is 0 Å². The molecule has 112 valence electrons. The van der Waals surface area contributed by atoms with Crippen LogP contribution in [0.2, 0.25) is 0 Å². The molecular formula is C18H22BrNO. The van der Waals surface area contributed by atoms with Gasteiger partial charge in [-0.3, -0.25) is 0 Å². The van der Waals surface area contributed by atoms with Crippen molar-refractivity contribution in [3.8, 4) is 18.1 Å². The number of ether oxygens (including phenoxy) is 1. The van der Waals surface area contributed by atoms with Gasteiger partial charge in [-0.15, -0.1) is 6.42 Å². The van der Waals surface area contributed by atoms with Crippen LogP contribution in [0, 0.1) is 30.1 Å². The lowest BCUT2D eigenvalue weighted by Crippen LogP contribution is -2.25. The summed E-state index contributed by atoms with van der Waals surface area (Å²) in [6, 6.07) is 6.09. The van der Waals surface area contributed by atoms with Crippen molar-refractivity contribution < 1.29 is 4.74 Å². The first-order valence-electron chi connectivity index (χ1n) is 7.83. The zero-order chi connectivity index (χ0) is 14.7. The van der Waals surface area contributed by atoms with Gasteiger partial charge in [0.1, 0.15) is 12.4 Å². The van der Waals surface area contributed by atoms with Crippen LogP contribution in [-0.2, 0) is 6.54 Å². The molecule has 0 unspecified atom stereocenters. The number of benzene rings is 1. The van der Waals surface area contributed by atoms with Crippen molar-refractivity contribution in [2.75, 3.05) is 13.2 Å². The summed E-state index contributed by atoms with van der Waals surface area (Å²) in [6.45, 7) is 2.30. The molecule has 2 aliphatic rings. The smallest absolute Gasteiger partial charge is 0.148 e. The number of rotatable bonds is 8. The molecule has 3 rings (SSSR count). The average molecular weight is 348 g/mol. The third-order valence-electron chi connectivity index (χ3n) is 4.48. The lowest BCUT2D eigenvalue weighted by molar-refractivity contribution is 0.357. The minimum Gasteiger partial charge on any atom is -0.481 e. The van der Waals surface area contributed by atoms with Crippen LogP contribution in [0.25, 0.3) is 0 Å². The molecule has 0 bridgehead atoms. The van der Waals surface area contributed by atoms with Gasteiger partial charge in [0.15, 0.2) is 0 Å². The number of nitrogens with one attached hydrogen (secondary N) is 1. The normalized spacial score (nSPS) is 17.8. The third kappa shape index (κ3) is 4.25. The SMILES string of the molecule is C#CCOc1ccc(Br)cc1CNCC(C1CC1)C1CC1. The van der Waals surface area contributed by atoms with E-state index in [2.05, 4.69) is 33.2 Å². The molecule has 2 nitrogen and oxygen atoms in total. The fraction of sp³-hybridized carbons (Fsp3) is 0.556.